The van der Waals surface area contributed by atoms with Crippen molar-refractivity contribution in [3.8, 4) is 50.6 Å². The van der Waals surface area contributed by atoms with Crippen LogP contribution in [-0.4, -0.2) is 36.3 Å². The average Bonchev–Trinajstić information content (AvgIpc) is 3.27. The van der Waals surface area contributed by atoms with Crippen LogP contribution in [0.1, 0.15) is 0 Å². The Morgan fingerprint density at radius 3 is 0.860 bits per heavy atom. The molecule has 57 heavy (non-hydrogen) atoms. The number of pyridine rings is 3. The Morgan fingerprint density at radius 1 is 0.316 bits per heavy atom. The maximum atomic E-state index is 6.62. The molecule has 6 bridgehead atoms. The molecular weight excluding hydrogens is 715 g/mol. The van der Waals surface area contributed by atoms with Crippen molar-refractivity contribution in [1.29, 1.82) is 0 Å². The van der Waals surface area contributed by atoms with Gasteiger partial charge in [-0.25, -0.2) is 15.0 Å². The highest BCUT2D eigenvalue weighted by molar-refractivity contribution is 6.05. The predicted molar refractivity (Wildman–Crippen MR) is 224 cm³/mol. The molecule has 0 fully saturated rings. The molecule has 0 aliphatic rings. The van der Waals surface area contributed by atoms with Crippen molar-refractivity contribution in [1.82, 2.24) is 15.0 Å². The van der Waals surface area contributed by atoms with Crippen molar-refractivity contribution in [2.45, 2.75) is 0 Å². The maximum absolute atomic E-state index is 6.62. The smallest absolute Gasteiger partial charge is 0.220 e. The first-order valence-electron chi connectivity index (χ1n) is 18.3. The molecule has 0 atom stereocenters. The van der Waals surface area contributed by atoms with Crippen molar-refractivity contribution in [2.75, 3.05) is 21.3 Å². The second-order valence-electron chi connectivity index (χ2n) is 13.5. The molecule has 0 radical (unpaired) electrons. The lowest BCUT2D eigenvalue weighted by molar-refractivity contribution is 0.415. The van der Waals surface area contributed by atoms with Crippen LogP contribution in [0.5, 0.6) is 17.2 Å². The van der Waals surface area contributed by atoms with E-state index in [1.54, 1.807) is 21.3 Å². The second kappa shape index (κ2) is 13.9. The number of methoxy groups -OCH3 is 3. The second-order valence-corrected chi connectivity index (χ2v) is 13.5. The fourth-order valence-electron chi connectivity index (χ4n) is 7.34. The summed E-state index contributed by atoms with van der Waals surface area (Å²) in [6, 6.07) is 47.3. The van der Waals surface area contributed by atoms with E-state index in [0.717, 1.165) is 66.8 Å². The van der Waals surface area contributed by atoms with E-state index in [9.17, 15) is 0 Å². The molecule has 0 amide bonds. The van der Waals surface area contributed by atoms with E-state index < -0.39 is 0 Å². The van der Waals surface area contributed by atoms with Gasteiger partial charge in [-0.2, -0.15) is 0 Å². The molecule has 0 aliphatic carbocycles. The SMILES string of the molecule is COc1ccc(-c2ccc3oc4ccc5c(-c6ccc(OC)cc6)ccc(oc6ccc7c(-c8ccc(OC)cc8)ccc(oc8ccc2c3n8)c7n6)c5n4)cc1. The highest BCUT2D eigenvalue weighted by Crippen LogP contribution is 2.36. The lowest BCUT2D eigenvalue weighted by Gasteiger charge is -2.09. The van der Waals surface area contributed by atoms with Gasteiger partial charge in [0, 0.05) is 34.4 Å². The summed E-state index contributed by atoms with van der Waals surface area (Å²) in [5, 5.41) is 2.63. The van der Waals surface area contributed by atoms with Gasteiger partial charge in [0.1, 0.15) is 33.8 Å². The minimum Gasteiger partial charge on any atom is -0.497 e. The molecule has 4 heterocycles. The van der Waals surface area contributed by atoms with E-state index in [2.05, 4.69) is 0 Å². The predicted octanol–water partition coefficient (Wildman–Crippen LogP) is 12.3. The summed E-state index contributed by atoms with van der Waals surface area (Å²) in [6.45, 7) is 0. The highest BCUT2D eigenvalue weighted by Gasteiger charge is 2.14. The van der Waals surface area contributed by atoms with Crippen LogP contribution in [0.15, 0.2) is 159 Å². The first-order valence-corrected chi connectivity index (χ1v) is 18.3. The Balaban J connectivity index is 1.31. The molecule has 10 aromatic rings. The van der Waals surface area contributed by atoms with Crippen molar-refractivity contribution in [2.24, 2.45) is 0 Å². The molecule has 6 aromatic carbocycles. The Kier molecular flexibility index (Phi) is 8.26. The van der Waals surface area contributed by atoms with Gasteiger partial charge in [0.2, 0.25) is 17.1 Å². The highest BCUT2D eigenvalue weighted by atomic mass is 16.5. The number of hydrogen-bond acceptors (Lipinski definition) is 9. The van der Waals surface area contributed by atoms with Crippen LogP contribution in [0.3, 0.4) is 0 Å². The molecule has 9 nitrogen and oxygen atoms in total. The van der Waals surface area contributed by atoms with Gasteiger partial charge < -0.3 is 27.5 Å². The molecule has 0 saturated heterocycles. The van der Waals surface area contributed by atoms with Crippen LogP contribution in [0.2, 0.25) is 0 Å². The molecule has 0 N–H and O–H groups in total. The summed E-state index contributed by atoms with van der Waals surface area (Å²) < 4.78 is 36.2. The first kappa shape index (κ1) is 33.9. The zero-order chi connectivity index (χ0) is 38.5. The molecule has 0 unspecified atom stereocenters. The van der Waals surface area contributed by atoms with Gasteiger partial charge in [0.15, 0.2) is 16.7 Å². The van der Waals surface area contributed by atoms with E-state index in [4.69, 9.17) is 42.4 Å². The lowest BCUT2D eigenvalue weighted by Crippen LogP contribution is -1.88. The van der Waals surface area contributed by atoms with Gasteiger partial charge in [-0.1, -0.05) is 36.4 Å². The third kappa shape index (κ3) is 6.11. The minimum atomic E-state index is 0.372. The summed E-state index contributed by atoms with van der Waals surface area (Å²) in [7, 11) is 4.97. The molecule has 4 aromatic heterocycles. The van der Waals surface area contributed by atoms with Crippen LogP contribution in [0, 0.1) is 0 Å². The molecular formula is C48H33N3O6. The summed E-state index contributed by atoms with van der Waals surface area (Å²) >= 11 is 0. The molecule has 0 spiro atoms. The topological polar surface area (TPSA) is 106 Å². The van der Waals surface area contributed by atoms with E-state index >= 15 is 0 Å². The van der Waals surface area contributed by atoms with Crippen LogP contribution < -0.4 is 14.2 Å². The molecule has 0 aliphatic heterocycles. The number of fused-ring (bicyclic) bond motifs is 3. The number of nitrogens with zero attached hydrogens (tertiary/aromatic N) is 3. The summed E-state index contributed by atoms with van der Waals surface area (Å²) in [4.78, 5) is 15.2. The van der Waals surface area contributed by atoms with Gasteiger partial charge in [0.25, 0.3) is 0 Å². The summed E-state index contributed by atoms with van der Waals surface area (Å²) in [5.74, 6) is 2.33. The van der Waals surface area contributed by atoms with Gasteiger partial charge in [-0.05, 0) is 124 Å². The third-order valence-electron chi connectivity index (χ3n) is 10.2. The number of aromatic nitrogens is 3. The maximum Gasteiger partial charge on any atom is 0.220 e. The Morgan fingerprint density at radius 2 is 0.596 bits per heavy atom. The van der Waals surface area contributed by atoms with Gasteiger partial charge in [-0.15, -0.1) is 0 Å². The molecule has 276 valence electrons. The summed E-state index contributed by atoms with van der Waals surface area (Å²) in [5.41, 5.74) is 10.4. The summed E-state index contributed by atoms with van der Waals surface area (Å²) in [6.07, 6.45) is 0. The average molecular weight is 748 g/mol. The third-order valence-corrected chi connectivity index (χ3v) is 10.2. The fraction of sp³-hybridized carbons (Fsp3) is 0.0625. The Bertz CT molecular complexity index is 2890. The van der Waals surface area contributed by atoms with Crippen molar-refractivity contribution in [3.63, 3.8) is 0 Å². The van der Waals surface area contributed by atoms with E-state index in [0.29, 0.717) is 50.4 Å². The zero-order valence-corrected chi connectivity index (χ0v) is 31.1. The fourth-order valence-corrected chi connectivity index (χ4v) is 7.34. The van der Waals surface area contributed by atoms with E-state index in [1.807, 2.05) is 146 Å². The Hall–Kier alpha value is -7.65. The van der Waals surface area contributed by atoms with Gasteiger partial charge in [0.05, 0.1) is 21.3 Å². The number of ether oxygens (including phenoxy) is 3. The van der Waals surface area contributed by atoms with Crippen molar-refractivity contribution >= 4 is 66.6 Å². The van der Waals surface area contributed by atoms with Crippen molar-refractivity contribution < 1.29 is 27.5 Å². The molecule has 0 saturated carbocycles. The zero-order valence-electron chi connectivity index (χ0n) is 31.1. The monoisotopic (exact) mass is 747 g/mol. The van der Waals surface area contributed by atoms with Crippen LogP contribution in [-0.2, 0) is 0 Å². The minimum absolute atomic E-state index is 0.372. The Labute approximate surface area is 325 Å². The van der Waals surface area contributed by atoms with Crippen molar-refractivity contribution in [3.05, 3.63) is 146 Å². The van der Waals surface area contributed by atoms with E-state index in [-0.39, 0.29) is 0 Å². The van der Waals surface area contributed by atoms with E-state index in [1.165, 1.54) is 0 Å². The van der Waals surface area contributed by atoms with Crippen LogP contribution >= 0.6 is 0 Å². The van der Waals surface area contributed by atoms with Gasteiger partial charge in [-0.3, -0.25) is 0 Å². The standard InChI is InChI=1S/C48H33N3O6/c1-52-31-10-4-28(5-11-31)34-16-22-40-46-37(34)19-25-43(49-46)56-41-23-17-35(29-6-12-32(53-2)13-7-29)39-21-27-45(51-47(39)41)57-42-24-18-36(30-8-14-33(54-3)15-9-30)38-20-26-44(55-40)50-48(38)42/h4-27H,1-3H3. The lowest BCUT2D eigenvalue weighted by atomic mass is 10.00. The first-order chi connectivity index (χ1) is 28.0. The van der Waals surface area contributed by atoms with Crippen LogP contribution in [0.25, 0.3) is 100.0 Å². The molecule has 10 rings (SSSR count). The molecule has 9 heteroatoms. The normalized spacial score (nSPS) is 11.4. The largest absolute Gasteiger partial charge is 0.497 e. The van der Waals surface area contributed by atoms with Crippen LogP contribution in [0.4, 0.5) is 0 Å². The number of rotatable bonds is 6. The quantitative estimate of drug-likeness (QED) is 0.164. The van der Waals surface area contributed by atoms with Gasteiger partial charge >= 0.3 is 0 Å². The number of hydrogen-bond donors (Lipinski definition) is 0. The number of benzene rings is 6.